The first-order valence-electron chi connectivity index (χ1n) is 11.2. The standard InChI is InChI=1S/C26H26N4O7S/c1-15(37-38(2,35)36)14-29-24(31)17-9-12-20(22(13-17)26(33)34)19-5-3-4-6-21(19)25(32)30-18-10-7-16(8-11-18)23(27)28/h3-13,15H,14H2,1-2H3,(H3,27,28)(H,29,31)(H,30,32)(H,33,34). The van der Waals surface area contributed by atoms with E-state index in [1.54, 1.807) is 48.5 Å². The second-order valence-electron chi connectivity index (χ2n) is 8.38. The van der Waals surface area contributed by atoms with Crippen molar-refractivity contribution >= 4 is 39.4 Å². The summed E-state index contributed by atoms with van der Waals surface area (Å²) in [6.45, 7) is 1.35. The van der Waals surface area contributed by atoms with Gasteiger partial charge in [-0.15, -0.1) is 0 Å². The second kappa shape index (κ2) is 11.7. The third-order valence-electron chi connectivity index (χ3n) is 5.32. The number of carbonyl (C=O) groups excluding carboxylic acids is 2. The van der Waals surface area contributed by atoms with Crippen LogP contribution in [0.25, 0.3) is 11.1 Å². The molecule has 0 spiro atoms. The van der Waals surface area contributed by atoms with Crippen LogP contribution in [-0.4, -0.2) is 56.0 Å². The molecule has 0 aliphatic heterocycles. The predicted molar refractivity (Wildman–Crippen MR) is 142 cm³/mol. The van der Waals surface area contributed by atoms with E-state index in [-0.39, 0.29) is 34.6 Å². The molecule has 12 heteroatoms. The van der Waals surface area contributed by atoms with Crippen molar-refractivity contribution in [2.45, 2.75) is 13.0 Å². The van der Waals surface area contributed by atoms with Crippen molar-refractivity contribution in [2.24, 2.45) is 5.73 Å². The Hall–Kier alpha value is -4.55. The molecule has 0 heterocycles. The zero-order valence-electron chi connectivity index (χ0n) is 20.5. The lowest BCUT2D eigenvalue weighted by Gasteiger charge is -2.15. The molecule has 1 atom stereocenters. The number of amidine groups is 1. The fraction of sp³-hybridized carbons (Fsp3) is 0.154. The van der Waals surface area contributed by atoms with E-state index in [0.29, 0.717) is 16.8 Å². The molecule has 0 aromatic heterocycles. The third kappa shape index (κ3) is 7.24. The van der Waals surface area contributed by atoms with Crippen molar-refractivity contribution in [3.8, 4) is 11.1 Å². The lowest BCUT2D eigenvalue weighted by atomic mass is 9.93. The molecule has 2 amide bonds. The van der Waals surface area contributed by atoms with Gasteiger partial charge in [0.25, 0.3) is 21.9 Å². The first-order valence-corrected chi connectivity index (χ1v) is 13.1. The number of hydrogen-bond donors (Lipinski definition) is 5. The SMILES string of the molecule is CC(CNC(=O)c1ccc(-c2ccccc2C(=O)Nc2ccc(C(=N)N)cc2)c(C(=O)O)c1)OS(C)(=O)=O. The Morgan fingerprint density at radius 1 is 0.947 bits per heavy atom. The molecule has 3 aromatic rings. The summed E-state index contributed by atoms with van der Waals surface area (Å²) in [5.74, 6) is -2.53. The fourth-order valence-corrected chi connectivity index (χ4v) is 4.28. The van der Waals surface area contributed by atoms with E-state index in [2.05, 4.69) is 10.6 Å². The highest BCUT2D eigenvalue weighted by Gasteiger charge is 2.21. The fourth-order valence-electron chi connectivity index (χ4n) is 3.62. The van der Waals surface area contributed by atoms with Crippen LogP contribution in [0.1, 0.15) is 43.6 Å². The molecule has 0 fully saturated rings. The number of benzene rings is 3. The maximum absolute atomic E-state index is 13.1. The maximum Gasteiger partial charge on any atom is 0.336 e. The number of nitrogen functional groups attached to an aromatic ring is 1. The highest BCUT2D eigenvalue weighted by molar-refractivity contribution is 7.86. The number of carboxylic acids is 1. The maximum atomic E-state index is 13.1. The van der Waals surface area contributed by atoms with Crippen LogP contribution in [0.3, 0.4) is 0 Å². The molecule has 0 aliphatic rings. The molecule has 6 N–H and O–H groups in total. The highest BCUT2D eigenvalue weighted by Crippen LogP contribution is 2.29. The quantitative estimate of drug-likeness (QED) is 0.148. The van der Waals surface area contributed by atoms with E-state index in [1.807, 2.05) is 0 Å². The van der Waals surface area contributed by atoms with Gasteiger partial charge in [0.2, 0.25) is 0 Å². The van der Waals surface area contributed by atoms with Gasteiger partial charge in [0.15, 0.2) is 0 Å². The lowest BCUT2D eigenvalue weighted by Crippen LogP contribution is -2.33. The van der Waals surface area contributed by atoms with Crippen LogP contribution < -0.4 is 16.4 Å². The van der Waals surface area contributed by atoms with Gasteiger partial charge in [0.05, 0.1) is 17.9 Å². The van der Waals surface area contributed by atoms with Crippen LogP contribution in [0.4, 0.5) is 5.69 Å². The summed E-state index contributed by atoms with van der Waals surface area (Å²) in [6.07, 6.45) is 0.0714. The minimum Gasteiger partial charge on any atom is -0.478 e. The summed E-state index contributed by atoms with van der Waals surface area (Å²) >= 11 is 0. The molecule has 0 aliphatic carbocycles. The summed E-state index contributed by atoms with van der Waals surface area (Å²) in [5, 5.41) is 22.6. The van der Waals surface area contributed by atoms with Gasteiger partial charge in [-0.3, -0.25) is 19.2 Å². The smallest absolute Gasteiger partial charge is 0.336 e. The van der Waals surface area contributed by atoms with Gasteiger partial charge in [-0.05, 0) is 60.5 Å². The number of rotatable bonds is 10. The number of nitrogens with one attached hydrogen (secondary N) is 3. The minimum absolute atomic E-state index is 0.0326. The molecule has 0 saturated heterocycles. The number of nitrogens with two attached hydrogens (primary N) is 1. The summed E-state index contributed by atoms with van der Waals surface area (Å²) in [4.78, 5) is 37.8. The van der Waals surface area contributed by atoms with Gasteiger partial charge < -0.3 is 21.5 Å². The van der Waals surface area contributed by atoms with E-state index in [9.17, 15) is 27.9 Å². The zero-order chi connectivity index (χ0) is 28.0. The monoisotopic (exact) mass is 538 g/mol. The van der Waals surface area contributed by atoms with Crippen molar-refractivity contribution in [3.05, 3.63) is 89.0 Å². The third-order valence-corrected chi connectivity index (χ3v) is 6.00. The van der Waals surface area contributed by atoms with Gasteiger partial charge in [-0.25, -0.2) is 4.79 Å². The van der Waals surface area contributed by atoms with Crippen molar-refractivity contribution in [2.75, 3.05) is 18.1 Å². The molecular weight excluding hydrogens is 512 g/mol. The Labute approximate surface area is 219 Å². The van der Waals surface area contributed by atoms with Crippen molar-refractivity contribution in [3.63, 3.8) is 0 Å². The summed E-state index contributed by atoms with van der Waals surface area (Å²) in [7, 11) is -3.70. The molecule has 38 heavy (non-hydrogen) atoms. The first-order chi connectivity index (χ1) is 17.9. The van der Waals surface area contributed by atoms with Crippen LogP contribution in [0.15, 0.2) is 66.7 Å². The van der Waals surface area contributed by atoms with Crippen molar-refractivity contribution in [1.29, 1.82) is 5.41 Å². The molecule has 3 rings (SSSR count). The Morgan fingerprint density at radius 3 is 2.16 bits per heavy atom. The van der Waals surface area contributed by atoms with Gasteiger partial charge >= 0.3 is 5.97 Å². The Kier molecular flexibility index (Phi) is 8.61. The van der Waals surface area contributed by atoms with Crippen molar-refractivity contribution in [1.82, 2.24) is 5.32 Å². The number of aromatic carboxylic acids is 1. The topological polar surface area (TPSA) is 189 Å². The number of anilines is 1. The molecular formula is C26H26N4O7S. The van der Waals surface area contributed by atoms with Crippen LogP contribution in [0.2, 0.25) is 0 Å². The Bertz CT molecular complexity index is 1500. The van der Waals surface area contributed by atoms with Gasteiger partial charge in [-0.2, -0.15) is 8.42 Å². The highest BCUT2D eigenvalue weighted by atomic mass is 32.2. The molecule has 0 radical (unpaired) electrons. The predicted octanol–water partition coefficient (Wildman–Crippen LogP) is 2.68. The number of carbonyl (C=O) groups is 3. The molecule has 0 bridgehead atoms. The second-order valence-corrected chi connectivity index (χ2v) is 9.98. The Morgan fingerprint density at radius 2 is 1.55 bits per heavy atom. The molecule has 11 nitrogen and oxygen atoms in total. The molecule has 0 saturated carbocycles. The van der Waals surface area contributed by atoms with Gasteiger partial charge in [0.1, 0.15) is 5.84 Å². The van der Waals surface area contributed by atoms with Gasteiger partial charge in [-0.1, -0.05) is 24.3 Å². The van der Waals surface area contributed by atoms with Crippen LogP contribution in [0, 0.1) is 5.41 Å². The zero-order valence-corrected chi connectivity index (χ0v) is 21.3. The lowest BCUT2D eigenvalue weighted by molar-refractivity contribution is 0.0697. The van der Waals surface area contributed by atoms with E-state index >= 15 is 0 Å². The summed E-state index contributed by atoms with van der Waals surface area (Å²) < 4.78 is 27.2. The van der Waals surface area contributed by atoms with E-state index in [0.717, 1.165) is 6.26 Å². The Balaban J connectivity index is 1.87. The van der Waals surface area contributed by atoms with E-state index in [4.69, 9.17) is 15.3 Å². The first kappa shape index (κ1) is 28.0. The normalized spacial score (nSPS) is 11.8. The van der Waals surface area contributed by atoms with Crippen LogP contribution in [-0.2, 0) is 14.3 Å². The average Bonchev–Trinajstić information content (AvgIpc) is 2.86. The van der Waals surface area contributed by atoms with Gasteiger partial charge in [0, 0.05) is 28.9 Å². The average molecular weight is 539 g/mol. The number of carboxylic acid groups (broad SMARTS) is 1. The van der Waals surface area contributed by atoms with E-state index in [1.165, 1.54) is 25.1 Å². The van der Waals surface area contributed by atoms with Crippen LogP contribution >= 0.6 is 0 Å². The summed E-state index contributed by atoms with van der Waals surface area (Å²) in [5.41, 5.74) is 7.00. The minimum atomic E-state index is -3.70. The number of hydrogen-bond acceptors (Lipinski definition) is 7. The van der Waals surface area contributed by atoms with Crippen molar-refractivity contribution < 1.29 is 32.1 Å². The number of amides is 2. The molecule has 1 unspecified atom stereocenters. The summed E-state index contributed by atoms with van der Waals surface area (Å²) in [6, 6.07) is 16.8. The van der Waals surface area contributed by atoms with E-state index < -0.39 is 34.0 Å². The molecule has 3 aromatic carbocycles. The molecule has 198 valence electrons. The van der Waals surface area contributed by atoms with Crippen LogP contribution in [0.5, 0.6) is 0 Å². The largest absolute Gasteiger partial charge is 0.478 e.